The number of rotatable bonds is 6. The highest BCUT2D eigenvalue weighted by molar-refractivity contribution is 5.35. The van der Waals surface area contributed by atoms with E-state index in [-0.39, 0.29) is 18.5 Å². The third kappa shape index (κ3) is 4.27. The van der Waals surface area contributed by atoms with Crippen molar-refractivity contribution in [3.8, 4) is 5.75 Å². The molecule has 1 N–H and O–H groups in total. The summed E-state index contributed by atoms with van der Waals surface area (Å²) in [5.41, 5.74) is -0.238. The normalized spacial score (nSPS) is 13.4. The number of hydrogen-bond donors (Lipinski definition) is 1. The van der Waals surface area contributed by atoms with E-state index in [9.17, 15) is 9.50 Å². The van der Waals surface area contributed by atoms with E-state index in [1.165, 1.54) is 12.1 Å². The fourth-order valence-corrected chi connectivity index (χ4v) is 1.69. The molecule has 0 radical (unpaired) electrons. The number of methoxy groups -OCH3 is 1. The van der Waals surface area contributed by atoms with Crippen molar-refractivity contribution in [3.63, 3.8) is 0 Å². The zero-order valence-electron chi connectivity index (χ0n) is 11.4. The van der Waals surface area contributed by atoms with Crippen LogP contribution in [0, 0.1) is 5.82 Å². The van der Waals surface area contributed by atoms with Crippen molar-refractivity contribution >= 4 is 0 Å². The predicted molar refractivity (Wildman–Crippen MR) is 68.2 cm³/mol. The van der Waals surface area contributed by atoms with Crippen LogP contribution in [0.5, 0.6) is 5.75 Å². The molecule has 3 nitrogen and oxygen atoms in total. The molecule has 0 aliphatic heterocycles. The molecule has 0 aliphatic carbocycles. The van der Waals surface area contributed by atoms with Gasteiger partial charge in [0.15, 0.2) is 0 Å². The first-order valence-electron chi connectivity index (χ1n) is 6.04. The van der Waals surface area contributed by atoms with E-state index in [0.29, 0.717) is 17.7 Å². The average molecular weight is 256 g/mol. The highest BCUT2D eigenvalue weighted by atomic mass is 19.1. The molecule has 0 spiro atoms. The molecule has 1 aromatic rings. The molecule has 0 heterocycles. The summed E-state index contributed by atoms with van der Waals surface area (Å²) in [7, 11) is 1.54. The van der Waals surface area contributed by atoms with Gasteiger partial charge in [0, 0.05) is 5.56 Å². The Morgan fingerprint density at radius 2 is 2.06 bits per heavy atom. The van der Waals surface area contributed by atoms with Gasteiger partial charge in [-0.1, -0.05) is 6.92 Å². The summed E-state index contributed by atoms with van der Waals surface area (Å²) in [4.78, 5) is 0. The van der Waals surface area contributed by atoms with Gasteiger partial charge in [0.05, 0.1) is 25.4 Å². The Kier molecular flexibility index (Phi) is 5.11. The molecule has 0 bridgehead atoms. The molecule has 0 aliphatic rings. The molecule has 102 valence electrons. The van der Waals surface area contributed by atoms with Crippen LogP contribution in [0.4, 0.5) is 4.39 Å². The Bertz CT molecular complexity index is 385. The summed E-state index contributed by atoms with van der Waals surface area (Å²) in [6.07, 6.45) is 0.387. The number of hydrogen-bond acceptors (Lipinski definition) is 3. The monoisotopic (exact) mass is 256 g/mol. The lowest BCUT2D eigenvalue weighted by atomic mass is 10.1. The first-order valence-corrected chi connectivity index (χ1v) is 6.04. The topological polar surface area (TPSA) is 38.7 Å². The Morgan fingerprint density at radius 1 is 1.39 bits per heavy atom. The van der Waals surface area contributed by atoms with E-state index in [2.05, 4.69) is 0 Å². The van der Waals surface area contributed by atoms with Gasteiger partial charge in [-0.25, -0.2) is 4.39 Å². The molecule has 1 rings (SSSR count). The van der Waals surface area contributed by atoms with E-state index >= 15 is 0 Å². The number of halogens is 1. The van der Waals surface area contributed by atoms with Crippen LogP contribution >= 0.6 is 0 Å². The highest BCUT2D eigenvalue weighted by Gasteiger charge is 2.20. The molecular weight excluding hydrogens is 235 g/mol. The van der Waals surface area contributed by atoms with E-state index < -0.39 is 5.60 Å². The zero-order valence-corrected chi connectivity index (χ0v) is 11.4. The largest absolute Gasteiger partial charge is 0.496 e. The minimum Gasteiger partial charge on any atom is -0.496 e. The van der Waals surface area contributed by atoms with Crippen molar-refractivity contribution in [1.29, 1.82) is 0 Å². The second-order valence-corrected chi connectivity index (χ2v) is 4.91. The lowest BCUT2D eigenvalue weighted by Crippen LogP contribution is -2.27. The summed E-state index contributed by atoms with van der Waals surface area (Å²) < 4.78 is 24.1. The molecule has 0 unspecified atom stereocenters. The van der Waals surface area contributed by atoms with Gasteiger partial charge in [-0.15, -0.1) is 0 Å². The van der Waals surface area contributed by atoms with Crippen molar-refractivity contribution in [1.82, 2.24) is 0 Å². The third-order valence-electron chi connectivity index (χ3n) is 2.55. The minimum atomic E-state index is -0.909. The maximum atomic E-state index is 13.3. The Balaban J connectivity index is 2.90. The van der Waals surface area contributed by atoms with Crippen molar-refractivity contribution < 1.29 is 19.0 Å². The third-order valence-corrected chi connectivity index (χ3v) is 2.55. The summed E-state index contributed by atoms with van der Waals surface area (Å²) in [5, 5.41) is 9.66. The van der Waals surface area contributed by atoms with Crippen LogP contribution < -0.4 is 4.74 Å². The maximum absolute atomic E-state index is 13.3. The van der Waals surface area contributed by atoms with E-state index in [1.54, 1.807) is 27.0 Å². The van der Waals surface area contributed by atoms with Crippen LogP contribution in [0.2, 0.25) is 0 Å². The highest BCUT2D eigenvalue weighted by Crippen LogP contribution is 2.31. The number of ether oxygens (including phenoxy) is 2. The number of benzene rings is 1. The van der Waals surface area contributed by atoms with Crippen LogP contribution in [0.3, 0.4) is 0 Å². The van der Waals surface area contributed by atoms with Crippen LogP contribution in [0.1, 0.15) is 38.9 Å². The van der Waals surface area contributed by atoms with Crippen LogP contribution in [-0.4, -0.2) is 24.4 Å². The van der Waals surface area contributed by atoms with Crippen LogP contribution in [0.15, 0.2) is 18.2 Å². The second kappa shape index (κ2) is 6.16. The first-order chi connectivity index (χ1) is 8.37. The molecule has 4 heteroatoms. The molecule has 0 saturated heterocycles. The van der Waals surface area contributed by atoms with Crippen molar-refractivity contribution in [2.75, 3.05) is 13.7 Å². The SMILES string of the molecule is CC[C@H](OCC(C)(C)O)c1cc(F)ccc1OC. The summed E-state index contributed by atoms with van der Waals surface area (Å²) in [6, 6.07) is 4.35. The molecule has 1 aromatic carbocycles. The summed E-state index contributed by atoms with van der Waals surface area (Å²) >= 11 is 0. The van der Waals surface area contributed by atoms with Crippen LogP contribution in [0.25, 0.3) is 0 Å². The lowest BCUT2D eigenvalue weighted by molar-refractivity contribution is -0.0557. The molecule has 1 atom stereocenters. The molecule has 0 fully saturated rings. The lowest BCUT2D eigenvalue weighted by Gasteiger charge is -2.24. The molecule has 0 amide bonds. The Labute approximate surface area is 108 Å². The molecular formula is C14H21FO3. The predicted octanol–water partition coefficient (Wildman–Crippen LogP) is 3.07. The Morgan fingerprint density at radius 3 is 2.56 bits per heavy atom. The molecule has 18 heavy (non-hydrogen) atoms. The zero-order chi connectivity index (χ0) is 13.8. The smallest absolute Gasteiger partial charge is 0.124 e. The molecule has 0 saturated carbocycles. The average Bonchev–Trinajstić information content (AvgIpc) is 2.28. The van der Waals surface area contributed by atoms with E-state index in [1.807, 2.05) is 6.92 Å². The van der Waals surface area contributed by atoms with Gasteiger partial charge >= 0.3 is 0 Å². The van der Waals surface area contributed by atoms with Gasteiger partial charge in [-0.05, 0) is 38.5 Å². The fourth-order valence-electron chi connectivity index (χ4n) is 1.69. The van der Waals surface area contributed by atoms with Crippen molar-refractivity contribution in [2.24, 2.45) is 0 Å². The van der Waals surface area contributed by atoms with Crippen molar-refractivity contribution in [2.45, 2.75) is 38.9 Å². The van der Waals surface area contributed by atoms with Gasteiger partial charge in [-0.3, -0.25) is 0 Å². The van der Waals surface area contributed by atoms with Gasteiger partial charge in [0.25, 0.3) is 0 Å². The van der Waals surface area contributed by atoms with Gasteiger partial charge in [0.1, 0.15) is 11.6 Å². The maximum Gasteiger partial charge on any atom is 0.124 e. The number of aliphatic hydroxyl groups is 1. The van der Waals surface area contributed by atoms with Gasteiger partial charge < -0.3 is 14.6 Å². The summed E-state index contributed by atoms with van der Waals surface area (Å²) in [6.45, 7) is 5.47. The second-order valence-electron chi connectivity index (χ2n) is 4.91. The fraction of sp³-hybridized carbons (Fsp3) is 0.571. The van der Waals surface area contributed by atoms with Crippen LogP contribution in [-0.2, 0) is 4.74 Å². The standard InChI is InChI=1S/C14H21FO3/c1-5-12(18-9-14(2,3)16)11-8-10(15)6-7-13(11)17-4/h6-8,12,16H,5,9H2,1-4H3/t12-/m0/s1. The minimum absolute atomic E-state index is 0.186. The Hall–Kier alpha value is -1.13. The van der Waals surface area contributed by atoms with Crippen molar-refractivity contribution in [3.05, 3.63) is 29.6 Å². The quantitative estimate of drug-likeness (QED) is 0.850. The van der Waals surface area contributed by atoms with E-state index in [0.717, 1.165) is 0 Å². The molecule has 0 aromatic heterocycles. The van der Waals surface area contributed by atoms with Gasteiger partial charge in [0.2, 0.25) is 0 Å². The first kappa shape index (κ1) is 14.9. The van der Waals surface area contributed by atoms with Gasteiger partial charge in [-0.2, -0.15) is 0 Å². The summed E-state index contributed by atoms with van der Waals surface area (Å²) in [5.74, 6) is 0.273. The van der Waals surface area contributed by atoms with E-state index in [4.69, 9.17) is 9.47 Å².